The molecule has 0 spiro atoms. The minimum atomic E-state index is 0.772. The lowest BCUT2D eigenvalue weighted by Crippen LogP contribution is -2.07. The molecule has 15 heavy (non-hydrogen) atoms. The monoisotopic (exact) mass is 207 g/mol. The fourth-order valence-electron chi connectivity index (χ4n) is 1.40. The van der Waals surface area contributed by atoms with Crippen LogP contribution < -0.4 is 5.32 Å². The summed E-state index contributed by atoms with van der Waals surface area (Å²) in [5.41, 5.74) is 2.39. The average Bonchev–Trinajstić information content (AvgIpc) is 2.26. The number of rotatable bonds is 6. The predicted molar refractivity (Wildman–Crippen MR) is 64.2 cm³/mol. The summed E-state index contributed by atoms with van der Waals surface area (Å²) >= 11 is 0. The van der Waals surface area contributed by atoms with Crippen molar-refractivity contribution in [2.24, 2.45) is 0 Å². The Morgan fingerprint density at radius 1 is 1.27 bits per heavy atom. The molecule has 3 heteroatoms. The van der Waals surface area contributed by atoms with E-state index in [-0.39, 0.29) is 0 Å². The first kappa shape index (κ1) is 12.0. The van der Waals surface area contributed by atoms with Gasteiger partial charge in [-0.3, -0.25) is 0 Å². The summed E-state index contributed by atoms with van der Waals surface area (Å²) in [4.78, 5) is 8.79. The third kappa shape index (κ3) is 3.86. The van der Waals surface area contributed by atoms with E-state index in [1.54, 1.807) is 0 Å². The van der Waals surface area contributed by atoms with Gasteiger partial charge in [0, 0.05) is 18.4 Å². The van der Waals surface area contributed by atoms with Crippen LogP contribution in [-0.2, 0) is 6.42 Å². The van der Waals surface area contributed by atoms with Crippen LogP contribution >= 0.6 is 0 Å². The Morgan fingerprint density at radius 3 is 2.73 bits per heavy atom. The van der Waals surface area contributed by atoms with E-state index in [4.69, 9.17) is 0 Å². The molecule has 0 amide bonds. The second-order valence-electron chi connectivity index (χ2n) is 3.85. The molecule has 0 radical (unpaired) electrons. The minimum Gasteiger partial charge on any atom is -0.354 e. The van der Waals surface area contributed by atoms with E-state index in [0.717, 1.165) is 25.3 Å². The first-order valence-electron chi connectivity index (χ1n) is 5.84. The van der Waals surface area contributed by atoms with Gasteiger partial charge in [0.1, 0.15) is 0 Å². The Balaban J connectivity index is 2.66. The first-order valence-corrected chi connectivity index (χ1v) is 5.84. The van der Waals surface area contributed by atoms with E-state index >= 15 is 0 Å². The molecular weight excluding hydrogens is 186 g/mol. The summed E-state index contributed by atoms with van der Waals surface area (Å²) in [6.07, 6.45) is 6.48. The van der Waals surface area contributed by atoms with Crippen LogP contribution in [0.1, 0.15) is 44.4 Å². The fraction of sp³-hybridized carbons (Fsp3) is 0.667. The van der Waals surface area contributed by atoms with Crippen LogP contribution in [0.25, 0.3) is 0 Å². The zero-order chi connectivity index (χ0) is 11.1. The zero-order valence-corrected chi connectivity index (χ0v) is 10.0. The Bertz CT molecular complexity index is 297. The third-order valence-corrected chi connectivity index (χ3v) is 2.38. The molecule has 1 aromatic heterocycles. The van der Waals surface area contributed by atoms with E-state index in [2.05, 4.69) is 36.1 Å². The van der Waals surface area contributed by atoms with Crippen LogP contribution in [0.15, 0.2) is 6.20 Å². The summed E-state index contributed by atoms with van der Waals surface area (Å²) in [7, 11) is 0. The molecule has 0 saturated heterocycles. The molecule has 0 aliphatic carbocycles. The van der Waals surface area contributed by atoms with E-state index < -0.39 is 0 Å². The van der Waals surface area contributed by atoms with Gasteiger partial charge in [-0.1, -0.05) is 20.3 Å². The lowest BCUT2D eigenvalue weighted by molar-refractivity contribution is 0.767. The summed E-state index contributed by atoms with van der Waals surface area (Å²) in [6, 6.07) is 0. The Morgan fingerprint density at radius 2 is 2.07 bits per heavy atom. The van der Waals surface area contributed by atoms with Gasteiger partial charge in [-0.25, -0.2) is 9.97 Å². The van der Waals surface area contributed by atoms with Crippen LogP contribution in [-0.4, -0.2) is 16.5 Å². The van der Waals surface area contributed by atoms with Crippen molar-refractivity contribution in [2.75, 3.05) is 11.9 Å². The summed E-state index contributed by atoms with van der Waals surface area (Å²) in [5, 5.41) is 3.22. The highest BCUT2D eigenvalue weighted by Crippen LogP contribution is 2.10. The van der Waals surface area contributed by atoms with Gasteiger partial charge in [-0.15, -0.1) is 0 Å². The normalized spacial score (nSPS) is 10.3. The number of aryl methyl sites for hydroxylation is 2. The maximum absolute atomic E-state index is 4.53. The zero-order valence-electron chi connectivity index (χ0n) is 10.0. The van der Waals surface area contributed by atoms with Gasteiger partial charge < -0.3 is 5.32 Å². The number of hydrogen-bond donors (Lipinski definition) is 1. The van der Waals surface area contributed by atoms with Crippen molar-refractivity contribution in [1.29, 1.82) is 0 Å². The smallest absolute Gasteiger partial charge is 0.222 e. The third-order valence-electron chi connectivity index (χ3n) is 2.38. The van der Waals surface area contributed by atoms with Gasteiger partial charge in [-0.05, 0) is 31.7 Å². The van der Waals surface area contributed by atoms with Gasteiger partial charge in [0.2, 0.25) is 5.95 Å². The number of nitrogens with one attached hydrogen (secondary N) is 1. The van der Waals surface area contributed by atoms with Crippen molar-refractivity contribution in [3.05, 3.63) is 17.5 Å². The van der Waals surface area contributed by atoms with Crippen molar-refractivity contribution >= 4 is 5.95 Å². The lowest BCUT2D eigenvalue weighted by atomic mass is 10.1. The van der Waals surface area contributed by atoms with E-state index in [1.165, 1.54) is 24.1 Å². The number of aromatic nitrogens is 2. The van der Waals surface area contributed by atoms with Crippen molar-refractivity contribution in [3.8, 4) is 0 Å². The van der Waals surface area contributed by atoms with Crippen LogP contribution in [0.4, 0.5) is 5.95 Å². The predicted octanol–water partition coefficient (Wildman–Crippen LogP) is 2.95. The number of anilines is 1. The lowest BCUT2D eigenvalue weighted by Gasteiger charge is -2.07. The Kier molecular flexibility index (Phi) is 5.08. The number of nitrogens with zero attached hydrogens (tertiary/aromatic N) is 2. The van der Waals surface area contributed by atoms with Gasteiger partial charge >= 0.3 is 0 Å². The fourth-order valence-corrected chi connectivity index (χ4v) is 1.40. The van der Waals surface area contributed by atoms with Gasteiger partial charge in [0.05, 0.1) is 0 Å². The largest absolute Gasteiger partial charge is 0.354 e. The van der Waals surface area contributed by atoms with Gasteiger partial charge in [0.15, 0.2) is 0 Å². The maximum Gasteiger partial charge on any atom is 0.222 e. The first-order chi connectivity index (χ1) is 7.27. The molecule has 0 unspecified atom stereocenters. The highest BCUT2D eigenvalue weighted by Gasteiger charge is 2.02. The summed E-state index contributed by atoms with van der Waals surface area (Å²) < 4.78 is 0. The van der Waals surface area contributed by atoms with Crippen LogP contribution in [0.5, 0.6) is 0 Å². The molecule has 1 heterocycles. The Hall–Kier alpha value is -1.12. The molecule has 0 aromatic carbocycles. The molecule has 3 nitrogen and oxygen atoms in total. The maximum atomic E-state index is 4.53. The second kappa shape index (κ2) is 6.38. The van der Waals surface area contributed by atoms with Crippen LogP contribution in [0.3, 0.4) is 0 Å². The van der Waals surface area contributed by atoms with Crippen molar-refractivity contribution in [3.63, 3.8) is 0 Å². The quantitative estimate of drug-likeness (QED) is 0.779. The minimum absolute atomic E-state index is 0.772. The van der Waals surface area contributed by atoms with Crippen LogP contribution in [0, 0.1) is 6.92 Å². The number of unbranched alkanes of at least 4 members (excludes halogenated alkanes) is 1. The van der Waals surface area contributed by atoms with Gasteiger partial charge in [-0.2, -0.15) is 0 Å². The van der Waals surface area contributed by atoms with E-state index in [9.17, 15) is 0 Å². The molecule has 1 rings (SSSR count). The van der Waals surface area contributed by atoms with Gasteiger partial charge in [0.25, 0.3) is 0 Å². The molecule has 0 aliphatic heterocycles. The average molecular weight is 207 g/mol. The Labute approximate surface area is 92.3 Å². The topological polar surface area (TPSA) is 37.8 Å². The van der Waals surface area contributed by atoms with Crippen molar-refractivity contribution in [2.45, 2.75) is 46.5 Å². The number of hydrogen-bond acceptors (Lipinski definition) is 3. The van der Waals surface area contributed by atoms with Crippen molar-refractivity contribution in [1.82, 2.24) is 9.97 Å². The van der Waals surface area contributed by atoms with E-state index in [0.29, 0.717) is 0 Å². The molecule has 84 valence electrons. The molecular formula is C12H21N3. The molecule has 0 saturated carbocycles. The SMILES string of the molecule is CCCCc1nc(NCCC)ncc1C. The summed E-state index contributed by atoms with van der Waals surface area (Å²) in [6.45, 7) is 7.36. The highest BCUT2D eigenvalue weighted by molar-refractivity contribution is 5.28. The van der Waals surface area contributed by atoms with E-state index in [1.807, 2.05) is 6.20 Å². The molecule has 0 aliphatic rings. The second-order valence-corrected chi connectivity index (χ2v) is 3.85. The summed E-state index contributed by atoms with van der Waals surface area (Å²) in [5.74, 6) is 0.772. The van der Waals surface area contributed by atoms with Crippen molar-refractivity contribution < 1.29 is 0 Å². The highest BCUT2D eigenvalue weighted by atomic mass is 15.1. The molecule has 0 atom stereocenters. The molecule has 0 fully saturated rings. The molecule has 0 bridgehead atoms. The standard InChI is InChI=1S/C12H21N3/c1-4-6-7-11-10(3)9-14-12(15-11)13-8-5-2/h9H,4-8H2,1-3H3,(H,13,14,15). The molecule has 1 N–H and O–H groups in total. The van der Waals surface area contributed by atoms with Crippen LogP contribution in [0.2, 0.25) is 0 Å². The molecule has 1 aromatic rings.